The molecule has 0 unspecified atom stereocenters. The molecular weight excluding hydrogens is 278 g/mol. The molecule has 7 heteroatoms. The first-order chi connectivity index (χ1) is 9.45. The average Bonchev–Trinajstić information content (AvgIpc) is 3.10. The lowest BCUT2D eigenvalue weighted by Crippen LogP contribution is -2.25. The Bertz CT molecular complexity index is 535. The van der Waals surface area contributed by atoms with Gasteiger partial charge >= 0.3 is 5.97 Å². The zero-order chi connectivity index (χ0) is 14.9. The molecule has 0 aromatic carbocycles. The van der Waals surface area contributed by atoms with Crippen molar-refractivity contribution in [3.63, 3.8) is 0 Å². The number of hydrogen-bond donors (Lipinski definition) is 2. The molecule has 110 valence electrons. The van der Waals surface area contributed by atoms with Crippen LogP contribution in [0.3, 0.4) is 0 Å². The molecule has 20 heavy (non-hydrogen) atoms. The molecule has 0 saturated heterocycles. The van der Waals surface area contributed by atoms with E-state index in [2.05, 4.69) is 5.32 Å². The third kappa shape index (κ3) is 2.87. The molecule has 0 aliphatic heterocycles. The molecule has 0 spiro atoms. The fourth-order valence-corrected chi connectivity index (χ4v) is 2.83. The van der Waals surface area contributed by atoms with Gasteiger partial charge in [0.05, 0.1) is 12.3 Å². The van der Waals surface area contributed by atoms with Gasteiger partial charge < -0.3 is 20.7 Å². The minimum Gasteiger partial charge on any atom is -0.462 e. The minimum atomic E-state index is -0.490. The minimum absolute atomic E-state index is 0.204. The van der Waals surface area contributed by atoms with Crippen LogP contribution in [0.1, 0.15) is 39.8 Å². The van der Waals surface area contributed by atoms with Gasteiger partial charge in [0.1, 0.15) is 15.4 Å². The van der Waals surface area contributed by atoms with Gasteiger partial charge in [0, 0.05) is 20.1 Å². The number of ether oxygens (including phenoxy) is 1. The zero-order valence-electron chi connectivity index (χ0n) is 11.9. The van der Waals surface area contributed by atoms with Crippen molar-refractivity contribution in [3.8, 4) is 0 Å². The van der Waals surface area contributed by atoms with E-state index in [1.807, 2.05) is 0 Å². The highest BCUT2D eigenvalue weighted by Crippen LogP contribution is 2.38. The van der Waals surface area contributed by atoms with Crippen LogP contribution in [0, 0.1) is 0 Å². The summed E-state index contributed by atoms with van der Waals surface area (Å²) < 4.78 is 5.02. The topological polar surface area (TPSA) is 84.7 Å². The summed E-state index contributed by atoms with van der Waals surface area (Å²) in [7, 11) is 3.60. The number of nitrogens with two attached hydrogens (primary N) is 1. The van der Waals surface area contributed by atoms with Crippen LogP contribution < -0.4 is 16.0 Å². The average molecular weight is 297 g/mol. The standard InChI is InChI=1S/C13H19N3O3S/c1-4-19-13(18)8-9(14)10(20-12(8)16(2)3)11(17)15-7-5-6-7/h7H,4-6,14H2,1-3H3,(H,15,17). The van der Waals surface area contributed by atoms with Crippen LogP contribution in [-0.4, -0.2) is 38.6 Å². The Hall–Kier alpha value is -1.76. The molecule has 0 bridgehead atoms. The lowest BCUT2D eigenvalue weighted by atomic mass is 10.2. The Morgan fingerprint density at radius 1 is 1.45 bits per heavy atom. The lowest BCUT2D eigenvalue weighted by Gasteiger charge is -2.11. The Kier molecular flexibility index (Phi) is 4.17. The normalized spacial score (nSPS) is 13.9. The molecule has 2 rings (SSSR count). The predicted molar refractivity (Wildman–Crippen MR) is 79.5 cm³/mol. The fraction of sp³-hybridized carbons (Fsp3) is 0.538. The van der Waals surface area contributed by atoms with Crippen LogP contribution in [-0.2, 0) is 4.74 Å². The molecule has 1 aliphatic carbocycles. The highest BCUT2D eigenvalue weighted by molar-refractivity contribution is 7.19. The quantitative estimate of drug-likeness (QED) is 0.804. The lowest BCUT2D eigenvalue weighted by molar-refractivity contribution is 0.0529. The number of esters is 1. The largest absolute Gasteiger partial charge is 0.462 e. The summed E-state index contributed by atoms with van der Waals surface area (Å²) >= 11 is 1.21. The third-order valence-electron chi connectivity index (χ3n) is 2.93. The number of nitrogens with one attached hydrogen (secondary N) is 1. The van der Waals surface area contributed by atoms with E-state index in [1.54, 1.807) is 25.9 Å². The monoisotopic (exact) mass is 297 g/mol. The molecule has 1 fully saturated rings. The summed E-state index contributed by atoms with van der Waals surface area (Å²) in [4.78, 5) is 26.3. The van der Waals surface area contributed by atoms with Crippen LogP contribution in [0.15, 0.2) is 0 Å². The first-order valence-electron chi connectivity index (χ1n) is 6.53. The van der Waals surface area contributed by atoms with Crippen molar-refractivity contribution in [1.29, 1.82) is 0 Å². The Morgan fingerprint density at radius 2 is 2.10 bits per heavy atom. The maximum atomic E-state index is 12.1. The van der Waals surface area contributed by atoms with Crippen molar-refractivity contribution in [2.45, 2.75) is 25.8 Å². The van der Waals surface area contributed by atoms with Crippen molar-refractivity contribution in [1.82, 2.24) is 5.32 Å². The molecule has 1 aromatic rings. The Balaban J connectivity index is 2.35. The number of rotatable bonds is 5. The SMILES string of the molecule is CCOC(=O)c1c(N(C)C)sc(C(=O)NC2CC2)c1N. The highest BCUT2D eigenvalue weighted by atomic mass is 32.1. The highest BCUT2D eigenvalue weighted by Gasteiger charge is 2.30. The van der Waals surface area contributed by atoms with Crippen LogP contribution in [0.2, 0.25) is 0 Å². The summed E-state index contributed by atoms with van der Waals surface area (Å²) in [6.07, 6.45) is 2.00. The van der Waals surface area contributed by atoms with Gasteiger partial charge in [0.2, 0.25) is 0 Å². The van der Waals surface area contributed by atoms with Crippen LogP contribution in [0.5, 0.6) is 0 Å². The third-order valence-corrected chi connectivity index (χ3v) is 4.30. The first kappa shape index (κ1) is 14.6. The van der Waals surface area contributed by atoms with Gasteiger partial charge in [-0.05, 0) is 19.8 Å². The van der Waals surface area contributed by atoms with Crippen LogP contribution in [0.25, 0.3) is 0 Å². The number of carbonyl (C=O) groups is 2. The molecule has 1 saturated carbocycles. The van der Waals surface area contributed by atoms with E-state index in [0.717, 1.165) is 12.8 Å². The van der Waals surface area contributed by atoms with Crippen LogP contribution in [0.4, 0.5) is 10.7 Å². The Morgan fingerprint density at radius 3 is 2.60 bits per heavy atom. The first-order valence-corrected chi connectivity index (χ1v) is 7.34. The van der Waals surface area contributed by atoms with E-state index in [-0.39, 0.29) is 29.8 Å². The van der Waals surface area contributed by atoms with Gasteiger partial charge in [-0.15, -0.1) is 11.3 Å². The molecule has 0 radical (unpaired) electrons. The van der Waals surface area contributed by atoms with E-state index >= 15 is 0 Å². The van der Waals surface area contributed by atoms with Crippen molar-refractivity contribution in [3.05, 3.63) is 10.4 Å². The van der Waals surface area contributed by atoms with E-state index in [0.29, 0.717) is 9.88 Å². The predicted octanol–water partition coefficient (Wildman–Crippen LogP) is 1.47. The molecular formula is C13H19N3O3S. The van der Waals surface area contributed by atoms with Gasteiger partial charge in [0.15, 0.2) is 0 Å². The van der Waals surface area contributed by atoms with Crippen molar-refractivity contribution in [2.75, 3.05) is 31.3 Å². The second-order valence-corrected chi connectivity index (χ2v) is 5.89. The van der Waals surface area contributed by atoms with E-state index in [9.17, 15) is 9.59 Å². The molecule has 1 aromatic heterocycles. The number of hydrogen-bond acceptors (Lipinski definition) is 6. The molecule has 6 nitrogen and oxygen atoms in total. The summed E-state index contributed by atoms with van der Waals surface area (Å²) in [5.74, 6) is -0.705. The van der Waals surface area contributed by atoms with Gasteiger partial charge in [-0.2, -0.15) is 0 Å². The second-order valence-electron chi connectivity index (χ2n) is 4.89. The summed E-state index contributed by atoms with van der Waals surface area (Å²) in [5, 5.41) is 3.52. The van der Waals surface area contributed by atoms with Crippen molar-refractivity contribution in [2.24, 2.45) is 0 Å². The molecule has 1 amide bonds. The van der Waals surface area contributed by atoms with Gasteiger partial charge in [-0.25, -0.2) is 4.79 Å². The number of carbonyl (C=O) groups excluding carboxylic acids is 2. The van der Waals surface area contributed by atoms with E-state index in [4.69, 9.17) is 10.5 Å². The maximum absolute atomic E-state index is 12.1. The Labute approximate surface area is 121 Å². The number of anilines is 2. The van der Waals surface area contributed by atoms with E-state index < -0.39 is 5.97 Å². The van der Waals surface area contributed by atoms with Crippen molar-refractivity contribution < 1.29 is 14.3 Å². The molecule has 3 N–H and O–H groups in total. The van der Waals surface area contributed by atoms with E-state index in [1.165, 1.54) is 11.3 Å². The van der Waals surface area contributed by atoms with Gasteiger partial charge in [-0.3, -0.25) is 4.79 Å². The summed E-state index contributed by atoms with van der Waals surface area (Å²) in [5.41, 5.74) is 6.48. The van der Waals surface area contributed by atoms with Crippen LogP contribution >= 0.6 is 11.3 Å². The summed E-state index contributed by atoms with van der Waals surface area (Å²) in [6.45, 7) is 2.00. The summed E-state index contributed by atoms with van der Waals surface area (Å²) in [6, 6.07) is 0.248. The van der Waals surface area contributed by atoms with Gasteiger partial charge in [0.25, 0.3) is 5.91 Å². The van der Waals surface area contributed by atoms with Crippen molar-refractivity contribution >= 4 is 33.9 Å². The smallest absolute Gasteiger partial charge is 0.343 e. The molecule has 1 heterocycles. The number of nitrogens with zero attached hydrogens (tertiary/aromatic N) is 1. The number of amides is 1. The second kappa shape index (κ2) is 5.70. The number of thiophene rings is 1. The van der Waals surface area contributed by atoms with Gasteiger partial charge in [-0.1, -0.05) is 0 Å². The maximum Gasteiger partial charge on any atom is 0.343 e. The molecule has 0 atom stereocenters. The molecule has 1 aliphatic rings. The number of nitrogen functional groups attached to an aromatic ring is 1. The zero-order valence-corrected chi connectivity index (χ0v) is 12.7. The fourth-order valence-electron chi connectivity index (χ4n) is 1.79.